The first kappa shape index (κ1) is 10.2. The molecule has 3 rings (SSSR count). The Kier molecular flexibility index (Phi) is 2.07. The summed E-state index contributed by atoms with van der Waals surface area (Å²) in [6.07, 6.45) is 8.13. The van der Waals surface area contributed by atoms with E-state index < -0.39 is 0 Å². The highest BCUT2D eigenvalue weighted by Crippen LogP contribution is 2.49. The van der Waals surface area contributed by atoms with Crippen molar-refractivity contribution >= 4 is 0 Å². The van der Waals surface area contributed by atoms with E-state index in [1.54, 1.807) is 5.57 Å². The first-order valence-electron chi connectivity index (χ1n) is 6.33. The van der Waals surface area contributed by atoms with Crippen LogP contribution in [0.5, 0.6) is 0 Å². The van der Waals surface area contributed by atoms with E-state index in [4.69, 9.17) is 4.42 Å². The predicted octanol–water partition coefficient (Wildman–Crippen LogP) is 4.09. The number of furan rings is 1. The highest BCUT2D eigenvalue weighted by atomic mass is 16.3. The third-order valence-electron chi connectivity index (χ3n) is 4.58. The monoisotopic (exact) mass is 216 g/mol. The van der Waals surface area contributed by atoms with E-state index in [0.717, 1.165) is 11.8 Å². The molecule has 1 aromatic rings. The Morgan fingerprint density at radius 2 is 2.19 bits per heavy atom. The quantitative estimate of drug-likeness (QED) is 0.595. The standard InChI is InChI=1S/C15H20O/c1-10-4-5-13-12(8-10)9-11-6-7-16-14(11)15(13,2)3/h6-8,12-13H,4-5,9H2,1-3H3/t12-,13-/m0/s1. The first-order chi connectivity index (χ1) is 7.59. The summed E-state index contributed by atoms with van der Waals surface area (Å²) < 4.78 is 5.73. The largest absolute Gasteiger partial charge is 0.468 e. The van der Waals surface area contributed by atoms with Gasteiger partial charge in [0.15, 0.2) is 0 Å². The molecule has 0 radical (unpaired) electrons. The SMILES string of the molecule is CC1=C[C@H]2Cc3ccoc3C(C)(C)[C@H]2CC1. The minimum atomic E-state index is 0.207. The van der Waals surface area contributed by atoms with Crippen molar-refractivity contribution in [3.8, 4) is 0 Å². The first-order valence-corrected chi connectivity index (χ1v) is 6.33. The molecule has 2 aliphatic rings. The zero-order valence-electron chi connectivity index (χ0n) is 10.4. The average Bonchev–Trinajstić information content (AvgIpc) is 2.65. The second-order valence-electron chi connectivity index (χ2n) is 6.02. The van der Waals surface area contributed by atoms with Crippen LogP contribution in [0.15, 0.2) is 28.4 Å². The van der Waals surface area contributed by atoms with Gasteiger partial charge in [0.05, 0.1) is 6.26 Å². The molecule has 2 atom stereocenters. The van der Waals surface area contributed by atoms with Crippen molar-refractivity contribution < 1.29 is 4.42 Å². The van der Waals surface area contributed by atoms with Crippen LogP contribution in [-0.2, 0) is 11.8 Å². The van der Waals surface area contributed by atoms with Crippen LogP contribution in [0.1, 0.15) is 44.9 Å². The highest BCUT2D eigenvalue weighted by molar-refractivity contribution is 5.32. The Morgan fingerprint density at radius 1 is 1.38 bits per heavy atom. The molecule has 1 heterocycles. The van der Waals surface area contributed by atoms with Gasteiger partial charge in [0.2, 0.25) is 0 Å². The maximum absolute atomic E-state index is 5.73. The van der Waals surface area contributed by atoms with Crippen molar-refractivity contribution in [2.75, 3.05) is 0 Å². The van der Waals surface area contributed by atoms with E-state index in [0.29, 0.717) is 0 Å². The van der Waals surface area contributed by atoms with Gasteiger partial charge in [0.1, 0.15) is 5.76 Å². The van der Waals surface area contributed by atoms with Crippen molar-refractivity contribution in [1.82, 2.24) is 0 Å². The smallest absolute Gasteiger partial charge is 0.112 e. The minimum absolute atomic E-state index is 0.207. The topological polar surface area (TPSA) is 13.1 Å². The molecular formula is C15H20O. The molecule has 0 N–H and O–H groups in total. The number of hydrogen-bond donors (Lipinski definition) is 0. The zero-order valence-corrected chi connectivity index (χ0v) is 10.4. The van der Waals surface area contributed by atoms with Crippen molar-refractivity contribution in [2.24, 2.45) is 11.8 Å². The lowest BCUT2D eigenvalue weighted by molar-refractivity contribution is 0.169. The van der Waals surface area contributed by atoms with Gasteiger partial charge in [-0.2, -0.15) is 0 Å². The van der Waals surface area contributed by atoms with E-state index in [2.05, 4.69) is 32.9 Å². The van der Waals surface area contributed by atoms with E-state index >= 15 is 0 Å². The van der Waals surface area contributed by atoms with Crippen LogP contribution >= 0.6 is 0 Å². The number of rotatable bonds is 0. The van der Waals surface area contributed by atoms with Gasteiger partial charge in [-0.15, -0.1) is 0 Å². The molecule has 16 heavy (non-hydrogen) atoms. The molecule has 1 heteroatoms. The summed E-state index contributed by atoms with van der Waals surface area (Å²) >= 11 is 0. The fourth-order valence-electron chi connectivity index (χ4n) is 3.74. The molecule has 0 bridgehead atoms. The molecule has 0 saturated carbocycles. The second-order valence-corrected chi connectivity index (χ2v) is 6.02. The average molecular weight is 216 g/mol. The van der Waals surface area contributed by atoms with Crippen molar-refractivity contribution in [3.63, 3.8) is 0 Å². The third kappa shape index (κ3) is 1.30. The Balaban J connectivity index is 2.08. The summed E-state index contributed by atoms with van der Waals surface area (Å²) in [6, 6.07) is 2.16. The van der Waals surface area contributed by atoms with Crippen LogP contribution < -0.4 is 0 Å². The minimum Gasteiger partial charge on any atom is -0.468 e. The predicted molar refractivity (Wildman–Crippen MR) is 65.4 cm³/mol. The second kappa shape index (κ2) is 3.26. The normalized spacial score (nSPS) is 31.6. The number of hydrogen-bond acceptors (Lipinski definition) is 1. The maximum Gasteiger partial charge on any atom is 0.112 e. The van der Waals surface area contributed by atoms with Gasteiger partial charge in [0, 0.05) is 5.41 Å². The molecule has 0 saturated heterocycles. The summed E-state index contributed by atoms with van der Waals surface area (Å²) in [4.78, 5) is 0. The van der Waals surface area contributed by atoms with E-state index in [1.807, 2.05) is 6.26 Å². The molecule has 1 aromatic heterocycles. The van der Waals surface area contributed by atoms with Gasteiger partial charge >= 0.3 is 0 Å². The van der Waals surface area contributed by atoms with Gasteiger partial charge in [-0.25, -0.2) is 0 Å². The Hall–Kier alpha value is -0.980. The molecule has 0 unspecified atom stereocenters. The molecule has 86 valence electrons. The van der Waals surface area contributed by atoms with Crippen LogP contribution in [0.2, 0.25) is 0 Å². The molecule has 0 aliphatic heterocycles. The lowest BCUT2D eigenvalue weighted by Gasteiger charge is -2.44. The lowest BCUT2D eigenvalue weighted by atomic mass is 9.60. The van der Waals surface area contributed by atoms with Gasteiger partial charge in [-0.3, -0.25) is 0 Å². The lowest BCUT2D eigenvalue weighted by Crippen LogP contribution is -2.40. The van der Waals surface area contributed by atoms with Gasteiger partial charge in [0.25, 0.3) is 0 Å². The van der Waals surface area contributed by atoms with Crippen LogP contribution in [0, 0.1) is 11.8 Å². The van der Waals surface area contributed by atoms with Crippen LogP contribution in [0.4, 0.5) is 0 Å². The Labute approximate surface area is 97.5 Å². The molecule has 0 amide bonds. The number of fused-ring (bicyclic) bond motifs is 2. The summed E-state index contributed by atoms with van der Waals surface area (Å²) in [6.45, 7) is 6.97. The van der Waals surface area contributed by atoms with E-state index in [1.165, 1.54) is 30.6 Å². The fourth-order valence-corrected chi connectivity index (χ4v) is 3.74. The summed E-state index contributed by atoms with van der Waals surface area (Å²) in [7, 11) is 0. The highest BCUT2D eigenvalue weighted by Gasteiger charge is 2.44. The Morgan fingerprint density at radius 3 is 3.00 bits per heavy atom. The summed E-state index contributed by atoms with van der Waals surface area (Å²) in [5.74, 6) is 2.73. The fraction of sp³-hybridized carbons (Fsp3) is 0.600. The molecular weight excluding hydrogens is 196 g/mol. The summed E-state index contributed by atoms with van der Waals surface area (Å²) in [5.41, 5.74) is 3.21. The van der Waals surface area contributed by atoms with Crippen LogP contribution in [0.3, 0.4) is 0 Å². The maximum atomic E-state index is 5.73. The molecule has 0 aromatic carbocycles. The van der Waals surface area contributed by atoms with Crippen molar-refractivity contribution in [2.45, 2.75) is 45.4 Å². The van der Waals surface area contributed by atoms with E-state index in [9.17, 15) is 0 Å². The van der Waals surface area contributed by atoms with Gasteiger partial charge in [-0.1, -0.05) is 25.5 Å². The van der Waals surface area contributed by atoms with Crippen molar-refractivity contribution in [1.29, 1.82) is 0 Å². The third-order valence-corrected chi connectivity index (χ3v) is 4.58. The van der Waals surface area contributed by atoms with Gasteiger partial charge in [-0.05, 0) is 49.7 Å². The Bertz CT molecular complexity index is 436. The molecule has 1 nitrogen and oxygen atoms in total. The molecule has 0 fully saturated rings. The number of allylic oxidation sites excluding steroid dienone is 2. The zero-order chi connectivity index (χ0) is 11.3. The molecule has 0 spiro atoms. The van der Waals surface area contributed by atoms with E-state index in [-0.39, 0.29) is 5.41 Å². The summed E-state index contributed by atoms with van der Waals surface area (Å²) in [5, 5.41) is 0. The van der Waals surface area contributed by atoms with Crippen LogP contribution in [-0.4, -0.2) is 0 Å². The van der Waals surface area contributed by atoms with Crippen LogP contribution in [0.25, 0.3) is 0 Å². The van der Waals surface area contributed by atoms with Gasteiger partial charge < -0.3 is 4.42 Å². The van der Waals surface area contributed by atoms with Crippen molar-refractivity contribution in [3.05, 3.63) is 35.3 Å². The molecule has 2 aliphatic carbocycles.